The number of rotatable bonds is 18. The van der Waals surface area contributed by atoms with E-state index in [1.165, 1.54) is 61.0 Å². The first kappa shape index (κ1) is 56.9. The normalized spacial score (nSPS) is 28.2. The largest absolute Gasteiger partial charge is 0.495 e. The Balaban J connectivity index is 0.000000159. The molecule has 10 aliphatic rings. The van der Waals surface area contributed by atoms with Crippen molar-refractivity contribution < 1.29 is 38.9 Å². The van der Waals surface area contributed by atoms with E-state index in [4.69, 9.17) is 19.7 Å². The molecule has 80 heavy (non-hydrogen) atoms. The molecule has 4 aromatic rings. The van der Waals surface area contributed by atoms with Gasteiger partial charge in [-0.3, -0.25) is 19.4 Å². The van der Waals surface area contributed by atoms with Crippen LogP contribution >= 0.6 is 0 Å². The number of carbonyl (C=O) groups is 4. The fourth-order valence-corrected chi connectivity index (χ4v) is 16.5. The van der Waals surface area contributed by atoms with Crippen molar-refractivity contribution in [1.82, 2.24) is 20.4 Å². The number of methoxy groups -OCH3 is 2. The molecule has 10 fully saturated rings. The third-order valence-electron chi connectivity index (χ3n) is 19.3. The minimum atomic E-state index is -1.26. The Morgan fingerprint density at radius 2 is 0.775 bits per heavy atom. The highest BCUT2D eigenvalue weighted by molar-refractivity contribution is 5.89. The molecule has 428 valence electrons. The summed E-state index contributed by atoms with van der Waals surface area (Å²) in [5, 5.41) is 22.9. The van der Waals surface area contributed by atoms with Crippen molar-refractivity contribution in [2.24, 2.45) is 46.3 Å². The van der Waals surface area contributed by atoms with Gasteiger partial charge < -0.3 is 40.1 Å². The first-order valence-corrected chi connectivity index (χ1v) is 29.9. The summed E-state index contributed by atoms with van der Waals surface area (Å²) < 4.78 is 11.2. The molecule has 0 aromatic heterocycles. The van der Waals surface area contributed by atoms with Gasteiger partial charge in [-0.15, -0.1) is 0 Å². The van der Waals surface area contributed by atoms with E-state index >= 15 is 0 Å². The summed E-state index contributed by atoms with van der Waals surface area (Å²) in [6.07, 6.45) is 17.9. The number of amides is 2. The SMILES string of the molecule is COc1ccccc1N1CCN(C[C@@H](Cc2ccccc2)NC(=O)C23CC4CC(CC(C4)C2)C3)CC1.COc1ccccc1N1CCN(C[C@@H](Cc2ccccc2)NC(=O)C23CC4CC(CC(C4)C2)C3)CC1.O=C(O)/C=C/C(=O)O. The van der Waals surface area contributed by atoms with Gasteiger partial charge in [0.05, 0.1) is 25.6 Å². The van der Waals surface area contributed by atoms with E-state index < -0.39 is 11.9 Å². The first-order chi connectivity index (χ1) is 38.8. The molecule has 4 N–H and O–H groups in total. The molecule has 4 aromatic carbocycles. The summed E-state index contributed by atoms with van der Waals surface area (Å²) in [6.45, 7) is 9.70. The van der Waals surface area contributed by atoms with Gasteiger partial charge in [-0.1, -0.05) is 84.9 Å². The summed E-state index contributed by atoms with van der Waals surface area (Å²) in [5.74, 6) is 4.82. The molecule has 8 bridgehead atoms. The lowest BCUT2D eigenvalue weighted by atomic mass is 9.49. The molecular weight excluding hydrogens is 1000 g/mol. The maximum absolute atomic E-state index is 13.9. The molecule has 0 spiro atoms. The Kier molecular flexibility index (Phi) is 18.5. The molecule has 8 saturated carbocycles. The maximum atomic E-state index is 13.9. The molecule has 0 radical (unpaired) electrons. The van der Waals surface area contributed by atoms with Gasteiger partial charge >= 0.3 is 11.9 Å². The number of nitrogens with one attached hydrogen (secondary N) is 2. The number of para-hydroxylation sites is 4. The number of hydrogen-bond donors (Lipinski definition) is 4. The Morgan fingerprint density at radius 1 is 0.475 bits per heavy atom. The van der Waals surface area contributed by atoms with Gasteiger partial charge in [0.1, 0.15) is 11.5 Å². The van der Waals surface area contributed by atoms with Crippen LogP contribution in [0.1, 0.15) is 88.2 Å². The van der Waals surface area contributed by atoms with Gasteiger partial charge in [-0.2, -0.15) is 0 Å². The molecule has 14 heteroatoms. The molecule has 14 rings (SSSR count). The lowest BCUT2D eigenvalue weighted by Gasteiger charge is -2.56. The highest BCUT2D eigenvalue weighted by Crippen LogP contribution is 2.61. The summed E-state index contributed by atoms with van der Waals surface area (Å²) in [4.78, 5) is 56.8. The van der Waals surface area contributed by atoms with Crippen molar-refractivity contribution in [3.05, 3.63) is 132 Å². The summed E-state index contributed by atoms with van der Waals surface area (Å²) in [6, 6.07) is 38.3. The predicted octanol–water partition coefficient (Wildman–Crippen LogP) is 9.23. The number of anilines is 2. The van der Waals surface area contributed by atoms with Crippen molar-refractivity contribution >= 4 is 35.1 Å². The van der Waals surface area contributed by atoms with Crippen LogP contribution in [0.2, 0.25) is 0 Å². The molecule has 0 unspecified atom stereocenters. The second kappa shape index (κ2) is 26.0. The average molecular weight is 1090 g/mol. The van der Waals surface area contributed by atoms with Crippen LogP contribution < -0.4 is 29.9 Å². The Bertz CT molecular complexity index is 2480. The van der Waals surface area contributed by atoms with E-state index in [1.54, 1.807) is 14.2 Å². The van der Waals surface area contributed by atoms with Gasteiger partial charge in [0.2, 0.25) is 11.8 Å². The van der Waals surface area contributed by atoms with E-state index in [2.05, 4.69) is 115 Å². The number of aliphatic carboxylic acids is 2. The third kappa shape index (κ3) is 14.2. The number of benzene rings is 4. The predicted molar refractivity (Wildman–Crippen MR) is 313 cm³/mol. The van der Waals surface area contributed by atoms with E-state index in [0.717, 1.165) is 164 Å². The molecule has 2 saturated heterocycles. The lowest BCUT2D eigenvalue weighted by molar-refractivity contribution is -0.147. The van der Waals surface area contributed by atoms with Gasteiger partial charge in [-0.05, 0) is 161 Å². The number of hydrogen-bond acceptors (Lipinski definition) is 10. The van der Waals surface area contributed by atoms with Crippen LogP contribution in [0.25, 0.3) is 0 Å². The van der Waals surface area contributed by atoms with Crippen LogP contribution in [0.4, 0.5) is 11.4 Å². The fraction of sp³-hybridized carbons (Fsp3) is 0.545. The number of nitrogens with zero attached hydrogens (tertiary/aromatic N) is 4. The van der Waals surface area contributed by atoms with Gasteiger partial charge in [0.15, 0.2) is 0 Å². The zero-order valence-electron chi connectivity index (χ0n) is 47.3. The molecule has 8 aliphatic carbocycles. The first-order valence-electron chi connectivity index (χ1n) is 29.9. The molecule has 14 nitrogen and oxygen atoms in total. The van der Waals surface area contributed by atoms with Crippen LogP contribution in [-0.4, -0.2) is 136 Å². The fourth-order valence-electron chi connectivity index (χ4n) is 16.5. The summed E-state index contributed by atoms with van der Waals surface area (Å²) in [5.41, 5.74) is 4.78. The zero-order chi connectivity index (χ0) is 55.6. The molecule has 2 amide bonds. The van der Waals surface area contributed by atoms with Crippen molar-refractivity contribution in [2.45, 2.75) is 102 Å². The molecule has 2 heterocycles. The highest BCUT2D eigenvalue weighted by atomic mass is 16.5. The second-order valence-corrected chi connectivity index (χ2v) is 25.0. The summed E-state index contributed by atoms with van der Waals surface area (Å²) >= 11 is 0. The monoisotopic (exact) mass is 1090 g/mol. The Morgan fingerprint density at radius 3 is 1.07 bits per heavy atom. The number of ether oxygens (including phenoxy) is 2. The zero-order valence-corrected chi connectivity index (χ0v) is 47.3. The van der Waals surface area contributed by atoms with Crippen LogP contribution in [0.5, 0.6) is 11.5 Å². The lowest BCUT2D eigenvalue weighted by Crippen LogP contribution is -2.58. The summed E-state index contributed by atoms with van der Waals surface area (Å²) in [7, 11) is 3.49. The van der Waals surface area contributed by atoms with E-state index in [1.807, 2.05) is 24.3 Å². The van der Waals surface area contributed by atoms with Crippen molar-refractivity contribution in [1.29, 1.82) is 0 Å². The average Bonchev–Trinajstić information content (AvgIpc) is 3.48. The highest BCUT2D eigenvalue weighted by Gasteiger charge is 2.56. The molecular formula is C66H86N6O8. The topological polar surface area (TPSA) is 164 Å². The van der Waals surface area contributed by atoms with E-state index in [0.29, 0.717) is 24.0 Å². The third-order valence-corrected chi connectivity index (χ3v) is 19.3. The second-order valence-electron chi connectivity index (χ2n) is 25.0. The van der Waals surface area contributed by atoms with Crippen molar-refractivity contribution in [3.63, 3.8) is 0 Å². The smallest absolute Gasteiger partial charge is 0.328 e. The van der Waals surface area contributed by atoms with E-state index in [9.17, 15) is 19.2 Å². The maximum Gasteiger partial charge on any atom is 0.328 e. The number of carboxylic acids is 2. The quantitative estimate of drug-likeness (QED) is 0.0700. The van der Waals surface area contributed by atoms with Crippen LogP contribution in [0.3, 0.4) is 0 Å². The number of carboxylic acid groups (broad SMARTS) is 2. The van der Waals surface area contributed by atoms with Crippen LogP contribution in [0, 0.1) is 46.3 Å². The minimum Gasteiger partial charge on any atom is -0.495 e. The van der Waals surface area contributed by atoms with Gasteiger partial charge in [0, 0.05) is 101 Å². The standard InChI is InChI=1S/2C31H41N3O2.C4H4O4/c2*1-36-29-10-6-5-9-28(29)34-13-11-33(12-14-34)22-27(18-23-7-3-2-4-8-23)32-30(35)31-19-24-15-25(20-31)17-26(16-24)21-31;5-3(6)1-2-4(7)8/h2*2-10,24-27H,11-22H2,1H3,(H,32,35);1-2H,(H,5,6)(H,7,8)/b;;2-1+/t2*24?,25?,26?,27-,31?;/m11./s1. The van der Waals surface area contributed by atoms with Gasteiger partial charge in [-0.25, -0.2) is 9.59 Å². The molecule has 2 atom stereocenters. The minimum absolute atomic E-state index is 0.0910. The Hall–Kier alpha value is -6.38. The van der Waals surface area contributed by atoms with Crippen molar-refractivity contribution in [2.75, 3.05) is 89.5 Å². The van der Waals surface area contributed by atoms with Crippen molar-refractivity contribution in [3.8, 4) is 11.5 Å². The number of carbonyl (C=O) groups excluding carboxylic acids is 2. The Labute approximate surface area is 474 Å². The van der Waals surface area contributed by atoms with Crippen LogP contribution in [-0.2, 0) is 32.0 Å². The molecule has 2 aliphatic heterocycles. The van der Waals surface area contributed by atoms with E-state index in [-0.39, 0.29) is 22.9 Å². The number of piperazine rings is 2. The van der Waals surface area contributed by atoms with Gasteiger partial charge in [0.25, 0.3) is 0 Å². The van der Waals surface area contributed by atoms with Crippen LogP contribution in [0.15, 0.2) is 121 Å².